The van der Waals surface area contributed by atoms with Crippen molar-refractivity contribution in [2.45, 2.75) is 26.2 Å². The predicted molar refractivity (Wildman–Crippen MR) is 207 cm³/mol. The Labute approximate surface area is 284 Å². The molecule has 10 aromatic rings. The van der Waals surface area contributed by atoms with Crippen LogP contribution in [0.1, 0.15) is 26.3 Å². The highest BCUT2D eigenvalue weighted by atomic mass is 16.3. The minimum Gasteiger partial charge on any atom is -0.456 e. The van der Waals surface area contributed by atoms with Gasteiger partial charge < -0.3 is 13.6 Å². The van der Waals surface area contributed by atoms with E-state index in [0.29, 0.717) is 0 Å². The zero-order chi connectivity index (χ0) is 32.9. The summed E-state index contributed by atoms with van der Waals surface area (Å²) in [6.07, 6.45) is 0. The molecule has 0 aliphatic carbocycles. The van der Waals surface area contributed by atoms with Crippen molar-refractivity contribution in [3.63, 3.8) is 0 Å². The molecule has 3 heteroatoms. The molecule has 49 heavy (non-hydrogen) atoms. The summed E-state index contributed by atoms with van der Waals surface area (Å²) in [5.74, 6) is 0. The van der Waals surface area contributed by atoms with E-state index in [1.807, 2.05) is 12.1 Å². The fourth-order valence-electron chi connectivity index (χ4n) is 7.83. The van der Waals surface area contributed by atoms with Gasteiger partial charge in [0.15, 0.2) is 0 Å². The van der Waals surface area contributed by atoms with Gasteiger partial charge in [-0.15, -0.1) is 0 Å². The first kappa shape index (κ1) is 28.0. The van der Waals surface area contributed by atoms with Crippen LogP contribution in [0.25, 0.3) is 88.1 Å². The Morgan fingerprint density at radius 1 is 0.388 bits per heavy atom. The molecule has 7 aromatic carbocycles. The van der Waals surface area contributed by atoms with Crippen LogP contribution in [0.3, 0.4) is 0 Å². The van der Waals surface area contributed by atoms with Crippen molar-refractivity contribution >= 4 is 65.6 Å². The first-order valence-electron chi connectivity index (χ1n) is 17.0. The third-order valence-electron chi connectivity index (χ3n) is 10.3. The molecule has 0 amide bonds. The molecule has 0 bridgehead atoms. The first-order chi connectivity index (χ1) is 23.9. The standard InChI is InChI=1S/C46H34N2O/c1-46(2,3)31-21-19-29(20-22-31)30-11-10-12-32(25-30)47-40-16-7-4-13-34(40)37-26-33(23-24-42(37)47)48-41-17-8-5-14-35(41)38-27-39-36-15-6-9-18-44(36)49-45(39)28-43(38)48/h4-28H,1-3H3. The van der Waals surface area contributed by atoms with Crippen molar-refractivity contribution in [3.8, 4) is 22.5 Å². The Hall–Kier alpha value is -6.06. The fraction of sp³-hybridized carbons (Fsp3) is 0.0870. The average Bonchev–Trinajstić information content (AvgIpc) is 3.77. The van der Waals surface area contributed by atoms with Gasteiger partial charge in [0.1, 0.15) is 11.2 Å². The van der Waals surface area contributed by atoms with Gasteiger partial charge in [0.25, 0.3) is 0 Å². The van der Waals surface area contributed by atoms with Crippen molar-refractivity contribution in [3.05, 3.63) is 157 Å². The summed E-state index contributed by atoms with van der Waals surface area (Å²) < 4.78 is 11.2. The molecule has 234 valence electrons. The molecule has 0 N–H and O–H groups in total. The van der Waals surface area contributed by atoms with Gasteiger partial charge in [-0.05, 0) is 76.7 Å². The number of para-hydroxylation sites is 3. The largest absolute Gasteiger partial charge is 0.456 e. The van der Waals surface area contributed by atoms with Gasteiger partial charge in [0, 0.05) is 49.8 Å². The van der Waals surface area contributed by atoms with E-state index >= 15 is 0 Å². The fourth-order valence-corrected chi connectivity index (χ4v) is 7.83. The molecule has 0 radical (unpaired) electrons. The summed E-state index contributed by atoms with van der Waals surface area (Å²) in [6, 6.07) is 55.2. The summed E-state index contributed by atoms with van der Waals surface area (Å²) in [6.45, 7) is 6.78. The van der Waals surface area contributed by atoms with Crippen LogP contribution >= 0.6 is 0 Å². The van der Waals surface area contributed by atoms with Crippen LogP contribution in [0.15, 0.2) is 156 Å². The van der Waals surface area contributed by atoms with Crippen LogP contribution in [0, 0.1) is 0 Å². The summed E-state index contributed by atoms with van der Waals surface area (Å²) in [4.78, 5) is 0. The van der Waals surface area contributed by atoms with Crippen molar-refractivity contribution in [2.75, 3.05) is 0 Å². The lowest BCUT2D eigenvalue weighted by molar-refractivity contribution is 0.590. The van der Waals surface area contributed by atoms with E-state index in [1.165, 1.54) is 54.8 Å². The Morgan fingerprint density at radius 2 is 1.00 bits per heavy atom. The number of benzene rings is 7. The summed E-state index contributed by atoms with van der Waals surface area (Å²) in [5.41, 5.74) is 12.7. The number of rotatable bonds is 3. The monoisotopic (exact) mass is 630 g/mol. The molecule has 0 aliphatic heterocycles. The number of aromatic nitrogens is 2. The Balaban J connectivity index is 1.18. The molecule has 3 nitrogen and oxygen atoms in total. The lowest BCUT2D eigenvalue weighted by Crippen LogP contribution is -2.10. The zero-order valence-corrected chi connectivity index (χ0v) is 27.7. The number of fused-ring (bicyclic) bond motifs is 9. The second kappa shape index (κ2) is 10.2. The van der Waals surface area contributed by atoms with Gasteiger partial charge in [0.05, 0.1) is 22.1 Å². The molecule has 0 spiro atoms. The molecule has 0 atom stereocenters. The van der Waals surface area contributed by atoms with Crippen LogP contribution in [0.4, 0.5) is 0 Å². The lowest BCUT2D eigenvalue weighted by atomic mass is 9.86. The first-order valence-corrected chi connectivity index (χ1v) is 17.0. The van der Waals surface area contributed by atoms with Crippen molar-refractivity contribution in [1.82, 2.24) is 9.13 Å². The number of hydrogen-bond donors (Lipinski definition) is 0. The van der Waals surface area contributed by atoms with E-state index in [-0.39, 0.29) is 5.41 Å². The summed E-state index contributed by atoms with van der Waals surface area (Å²) in [5, 5.41) is 7.22. The topological polar surface area (TPSA) is 23.0 Å². The minimum atomic E-state index is 0.126. The van der Waals surface area contributed by atoms with Crippen LogP contribution in [-0.4, -0.2) is 9.13 Å². The number of hydrogen-bond acceptors (Lipinski definition) is 1. The van der Waals surface area contributed by atoms with Gasteiger partial charge in [-0.3, -0.25) is 0 Å². The Bertz CT molecular complexity index is 2910. The molecular weight excluding hydrogens is 597 g/mol. The second-order valence-corrected chi connectivity index (χ2v) is 14.2. The van der Waals surface area contributed by atoms with Crippen LogP contribution in [0.2, 0.25) is 0 Å². The molecule has 10 rings (SSSR count). The SMILES string of the molecule is CC(C)(C)c1ccc(-c2cccc(-n3c4ccccc4c4cc(-n5c6ccccc6c6cc7c(cc65)oc5ccccc57)ccc43)c2)cc1. The van der Waals surface area contributed by atoms with Gasteiger partial charge in [-0.25, -0.2) is 0 Å². The number of furan rings is 1. The molecular formula is C46H34N2O. The quantitative estimate of drug-likeness (QED) is 0.190. The molecule has 3 aromatic heterocycles. The highest BCUT2D eigenvalue weighted by Crippen LogP contribution is 2.40. The van der Waals surface area contributed by atoms with Gasteiger partial charge in [-0.1, -0.05) is 112 Å². The van der Waals surface area contributed by atoms with Crippen molar-refractivity contribution < 1.29 is 4.42 Å². The smallest absolute Gasteiger partial charge is 0.137 e. The summed E-state index contributed by atoms with van der Waals surface area (Å²) >= 11 is 0. The molecule has 3 heterocycles. The summed E-state index contributed by atoms with van der Waals surface area (Å²) in [7, 11) is 0. The second-order valence-electron chi connectivity index (χ2n) is 14.2. The minimum absolute atomic E-state index is 0.126. The van der Waals surface area contributed by atoms with Crippen molar-refractivity contribution in [2.24, 2.45) is 0 Å². The Morgan fingerprint density at radius 3 is 1.73 bits per heavy atom. The molecule has 0 saturated carbocycles. The normalized spacial score (nSPS) is 12.4. The maximum absolute atomic E-state index is 6.37. The molecule has 0 unspecified atom stereocenters. The van der Waals surface area contributed by atoms with E-state index in [1.54, 1.807) is 0 Å². The number of nitrogens with zero attached hydrogens (tertiary/aromatic N) is 2. The Kier molecular flexibility index (Phi) is 5.84. The van der Waals surface area contributed by atoms with E-state index in [4.69, 9.17) is 4.42 Å². The zero-order valence-electron chi connectivity index (χ0n) is 27.7. The van der Waals surface area contributed by atoms with E-state index in [0.717, 1.165) is 38.8 Å². The molecule has 0 aliphatic rings. The lowest BCUT2D eigenvalue weighted by Gasteiger charge is -2.19. The van der Waals surface area contributed by atoms with Gasteiger partial charge in [-0.2, -0.15) is 0 Å². The van der Waals surface area contributed by atoms with Crippen LogP contribution in [0.5, 0.6) is 0 Å². The van der Waals surface area contributed by atoms with Crippen molar-refractivity contribution in [1.29, 1.82) is 0 Å². The third kappa shape index (κ3) is 4.22. The maximum Gasteiger partial charge on any atom is 0.137 e. The van der Waals surface area contributed by atoms with E-state index in [9.17, 15) is 0 Å². The molecule has 0 saturated heterocycles. The molecule has 0 fully saturated rings. The third-order valence-corrected chi connectivity index (χ3v) is 10.3. The highest BCUT2D eigenvalue weighted by Gasteiger charge is 2.19. The van der Waals surface area contributed by atoms with Gasteiger partial charge >= 0.3 is 0 Å². The van der Waals surface area contributed by atoms with E-state index < -0.39 is 0 Å². The van der Waals surface area contributed by atoms with E-state index in [2.05, 4.69) is 169 Å². The average molecular weight is 631 g/mol. The maximum atomic E-state index is 6.37. The van der Waals surface area contributed by atoms with Gasteiger partial charge in [0.2, 0.25) is 0 Å². The van der Waals surface area contributed by atoms with Crippen LogP contribution < -0.4 is 0 Å². The highest BCUT2D eigenvalue weighted by molar-refractivity contribution is 6.18. The predicted octanol–water partition coefficient (Wildman–Crippen LogP) is 12.7. The van der Waals surface area contributed by atoms with Crippen LogP contribution in [-0.2, 0) is 5.41 Å².